The molecule has 2 atom stereocenters. The summed E-state index contributed by atoms with van der Waals surface area (Å²) in [4.78, 5) is 38.3. The van der Waals surface area contributed by atoms with E-state index >= 15 is 0 Å². The molecule has 3 aliphatic rings. The smallest absolute Gasteiger partial charge is 0.255 e. The van der Waals surface area contributed by atoms with Gasteiger partial charge < -0.3 is 10.2 Å². The SMILES string of the molecule is O=C1CCC(N2Cc3c(cccc3-n3cc(CC4CCCCN4)nn3)C2=O)C(=O)N1. The number of benzene rings is 1. The fraction of sp³-hybridized carbons (Fsp3) is 0.476. The fourth-order valence-electron chi connectivity index (χ4n) is 4.64. The van der Waals surface area contributed by atoms with E-state index in [-0.39, 0.29) is 18.2 Å². The lowest BCUT2D eigenvalue weighted by atomic mass is 10.0. The zero-order chi connectivity index (χ0) is 20.7. The molecule has 2 N–H and O–H groups in total. The number of piperidine rings is 2. The second-order valence-electron chi connectivity index (χ2n) is 8.21. The monoisotopic (exact) mass is 408 g/mol. The van der Waals surface area contributed by atoms with Crippen molar-refractivity contribution in [2.75, 3.05) is 6.54 Å². The van der Waals surface area contributed by atoms with Crippen molar-refractivity contribution in [2.24, 2.45) is 0 Å². The number of fused-ring (bicyclic) bond motifs is 1. The van der Waals surface area contributed by atoms with E-state index in [4.69, 9.17) is 0 Å². The molecule has 0 bridgehead atoms. The number of hydrogen-bond donors (Lipinski definition) is 2. The van der Waals surface area contributed by atoms with E-state index in [0.717, 1.165) is 36.3 Å². The van der Waals surface area contributed by atoms with Crippen LogP contribution in [-0.4, -0.2) is 56.2 Å². The number of imide groups is 1. The number of nitrogens with one attached hydrogen (secondary N) is 2. The second kappa shape index (κ2) is 7.64. The number of carbonyl (C=O) groups excluding carboxylic acids is 3. The summed E-state index contributed by atoms with van der Waals surface area (Å²) in [6.45, 7) is 1.36. The van der Waals surface area contributed by atoms with E-state index in [2.05, 4.69) is 20.9 Å². The van der Waals surface area contributed by atoms with Crippen LogP contribution in [0.5, 0.6) is 0 Å². The van der Waals surface area contributed by atoms with Gasteiger partial charge in [-0.2, -0.15) is 0 Å². The number of hydrogen-bond acceptors (Lipinski definition) is 6. The van der Waals surface area contributed by atoms with Crippen molar-refractivity contribution >= 4 is 17.7 Å². The van der Waals surface area contributed by atoms with Crippen LogP contribution in [0.2, 0.25) is 0 Å². The largest absolute Gasteiger partial charge is 0.322 e. The molecule has 0 aliphatic carbocycles. The Morgan fingerprint density at radius 2 is 2.03 bits per heavy atom. The molecule has 3 amide bonds. The van der Waals surface area contributed by atoms with Gasteiger partial charge in [-0.15, -0.1) is 5.10 Å². The van der Waals surface area contributed by atoms with Gasteiger partial charge in [0.2, 0.25) is 11.8 Å². The lowest BCUT2D eigenvalue weighted by molar-refractivity contribution is -0.136. The van der Waals surface area contributed by atoms with Crippen LogP contribution in [0.15, 0.2) is 24.4 Å². The van der Waals surface area contributed by atoms with Gasteiger partial charge in [-0.1, -0.05) is 17.7 Å². The third-order valence-electron chi connectivity index (χ3n) is 6.21. The third kappa shape index (κ3) is 3.39. The van der Waals surface area contributed by atoms with Crippen LogP contribution < -0.4 is 10.6 Å². The molecule has 2 fully saturated rings. The highest BCUT2D eigenvalue weighted by Crippen LogP contribution is 2.31. The zero-order valence-corrected chi connectivity index (χ0v) is 16.6. The molecule has 2 aromatic rings. The average Bonchev–Trinajstić information content (AvgIpc) is 3.34. The predicted octanol–water partition coefficient (Wildman–Crippen LogP) is 0.713. The second-order valence-corrected chi connectivity index (χ2v) is 8.21. The lowest BCUT2D eigenvalue weighted by Gasteiger charge is -2.29. The van der Waals surface area contributed by atoms with Crippen molar-refractivity contribution in [3.05, 3.63) is 41.2 Å². The summed E-state index contributed by atoms with van der Waals surface area (Å²) >= 11 is 0. The Labute approximate surface area is 173 Å². The summed E-state index contributed by atoms with van der Waals surface area (Å²) in [6, 6.07) is 5.31. The van der Waals surface area contributed by atoms with Crippen LogP contribution in [0.4, 0.5) is 0 Å². The quantitative estimate of drug-likeness (QED) is 0.722. The third-order valence-corrected chi connectivity index (χ3v) is 6.21. The highest BCUT2D eigenvalue weighted by Gasteiger charge is 2.40. The molecule has 30 heavy (non-hydrogen) atoms. The highest BCUT2D eigenvalue weighted by molar-refractivity contribution is 6.05. The summed E-state index contributed by atoms with van der Waals surface area (Å²) in [6.07, 6.45) is 6.93. The zero-order valence-electron chi connectivity index (χ0n) is 16.6. The van der Waals surface area contributed by atoms with Gasteiger partial charge in [0.1, 0.15) is 6.04 Å². The standard InChI is InChI=1S/C21H24N6O3/c28-19-8-7-18(20(29)23-19)26-12-16-15(21(26)30)5-3-6-17(16)27-11-14(24-25-27)10-13-4-1-2-9-22-13/h3,5-6,11,13,18,22H,1-2,4,7-10,12H2,(H,23,28,29). The Kier molecular flexibility index (Phi) is 4.82. The first-order chi connectivity index (χ1) is 14.6. The van der Waals surface area contributed by atoms with E-state index in [9.17, 15) is 14.4 Å². The molecule has 4 heterocycles. The number of aromatic nitrogens is 3. The minimum Gasteiger partial charge on any atom is -0.322 e. The summed E-state index contributed by atoms with van der Waals surface area (Å²) < 4.78 is 1.72. The molecule has 3 aliphatic heterocycles. The first-order valence-electron chi connectivity index (χ1n) is 10.5. The summed E-state index contributed by atoms with van der Waals surface area (Å²) in [5.41, 5.74) is 3.12. The van der Waals surface area contributed by atoms with E-state index in [1.807, 2.05) is 18.3 Å². The normalized spacial score (nSPS) is 24.1. The molecule has 0 radical (unpaired) electrons. The van der Waals surface area contributed by atoms with E-state index < -0.39 is 11.9 Å². The molecule has 9 heteroatoms. The van der Waals surface area contributed by atoms with E-state index in [0.29, 0.717) is 24.6 Å². The Morgan fingerprint density at radius 1 is 1.13 bits per heavy atom. The molecule has 5 rings (SSSR count). The minimum absolute atomic E-state index is 0.187. The predicted molar refractivity (Wildman–Crippen MR) is 107 cm³/mol. The van der Waals surface area contributed by atoms with Crippen LogP contribution >= 0.6 is 0 Å². The Morgan fingerprint density at radius 3 is 2.83 bits per heavy atom. The van der Waals surface area contributed by atoms with Gasteiger partial charge >= 0.3 is 0 Å². The van der Waals surface area contributed by atoms with Crippen molar-refractivity contribution in [1.29, 1.82) is 0 Å². The molecule has 2 unspecified atom stereocenters. The van der Waals surface area contributed by atoms with Crippen molar-refractivity contribution in [3.8, 4) is 5.69 Å². The summed E-state index contributed by atoms with van der Waals surface area (Å²) in [5.74, 6) is -0.881. The van der Waals surface area contributed by atoms with Gasteiger partial charge in [0.15, 0.2) is 0 Å². The highest BCUT2D eigenvalue weighted by atomic mass is 16.2. The molecule has 2 saturated heterocycles. The van der Waals surface area contributed by atoms with Crippen LogP contribution in [0, 0.1) is 0 Å². The molecular formula is C21H24N6O3. The maximum atomic E-state index is 13.0. The number of rotatable bonds is 4. The lowest BCUT2D eigenvalue weighted by Crippen LogP contribution is -2.52. The molecule has 0 spiro atoms. The van der Waals surface area contributed by atoms with Gasteiger partial charge in [-0.25, -0.2) is 4.68 Å². The molecule has 1 aromatic carbocycles. The Bertz CT molecular complexity index is 1010. The first-order valence-corrected chi connectivity index (χ1v) is 10.5. The Hall–Kier alpha value is -3.07. The van der Waals surface area contributed by atoms with Crippen molar-refractivity contribution < 1.29 is 14.4 Å². The van der Waals surface area contributed by atoms with Crippen molar-refractivity contribution in [2.45, 2.75) is 57.2 Å². The van der Waals surface area contributed by atoms with Crippen LogP contribution in [-0.2, 0) is 22.6 Å². The van der Waals surface area contributed by atoms with Crippen LogP contribution in [0.3, 0.4) is 0 Å². The van der Waals surface area contributed by atoms with Gasteiger partial charge in [0.25, 0.3) is 5.91 Å². The topological polar surface area (TPSA) is 109 Å². The van der Waals surface area contributed by atoms with Crippen LogP contribution in [0.25, 0.3) is 5.69 Å². The van der Waals surface area contributed by atoms with Gasteiger partial charge in [-0.05, 0) is 37.9 Å². The van der Waals surface area contributed by atoms with Gasteiger partial charge in [-0.3, -0.25) is 19.7 Å². The Balaban J connectivity index is 1.38. The van der Waals surface area contributed by atoms with E-state index in [1.54, 1.807) is 15.6 Å². The molecule has 9 nitrogen and oxygen atoms in total. The number of nitrogens with zero attached hydrogens (tertiary/aromatic N) is 4. The maximum Gasteiger partial charge on any atom is 0.255 e. The minimum atomic E-state index is -0.626. The average molecular weight is 408 g/mol. The number of amides is 3. The molecule has 0 saturated carbocycles. The van der Waals surface area contributed by atoms with Gasteiger partial charge in [0.05, 0.1) is 17.6 Å². The van der Waals surface area contributed by atoms with Gasteiger partial charge in [0, 0.05) is 36.6 Å². The first kappa shape index (κ1) is 18.9. The van der Waals surface area contributed by atoms with Crippen molar-refractivity contribution in [3.63, 3.8) is 0 Å². The molecule has 1 aromatic heterocycles. The maximum absolute atomic E-state index is 13.0. The summed E-state index contributed by atoms with van der Waals surface area (Å²) in [5, 5.41) is 14.5. The molecule has 156 valence electrons. The fourth-order valence-corrected chi connectivity index (χ4v) is 4.64. The summed E-state index contributed by atoms with van der Waals surface area (Å²) in [7, 11) is 0. The molecular weight excluding hydrogens is 384 g/mol. The van der Waals surface area contributed by atoms with Crippen LogP contribution in [0.1, 0.15) is 53.7 Å². The van der Waals surface area contributed by atoms with E-state index in [1.165, 1.54) is 12.8 Å². The van der Waals surface area contributed by atoms with Crippen molar-refractivity contribution in [1.82, 2.24) is 30.5 Å². The number of carbonyl (C=O) groups is 3.